The van der Waals surface area contributed by atoms with Crippen molar-refractivity contribution in [3.05, 3.63) is 70.5 Å². The lowest BCUT2D eigenvalue weighted by atomic mass is 10.2. The Morgan fingerprint density at radius 3 is 2.69 bits per heavy atom. The van der Waals surface area contributed by atoms with E-state index in [1.165, 1.54) is 24.5 Å². The van der Waals surface area contributed by atoms with Gasteiger partial charge in [0.15, 0.2) is 4.80 Å². The number of carbonyl (C=O) groups is 2. The molecule has 0 saturated heterocycles. The van der Waals surface area contributed by atoms with Gasteiger partial charge in [-0.05, 0) is 36.8 Å². The van der Waals surface area contributed by atoms with Crippen molar-refractivity contribution in [1.82, 2.24) is 4.57 Å². The number of carbonyl (C=O) groups excluding carboxylic acids is 2. The predicted octanol–water partition coefficient (Wildman–Crippen LogP) is 3.67. The quantitative estimate of drug-likeness (QED) is 0.339. The van der Waals surface area contributed by atoms with Gasteiger partial charge >= 0.3 is 5.97 Å². The maximum atomic E-state index is 12.4. The maximum absolute atomic E-state index is 12.4. The summed E-state index contributed by atoms with van der Waals surface area (Å²) in [7, 11) is 1.35. The highest BCUT2D eigenvalue weighted by molar-refractivity contribution is 7.16. The van der Waals surface area contributed by atoms with Crippen molar-refractivity contribution in [2.45, 2.75) is 13.5 Å². The first-order valence-corrected chi connectivity index (χ1v) is 10.0. The summed E-state index contributed by atoms with van der Waals surface area (Å²) >= 11 is 1.35. The predicted molar refractivity (Wildman–Crippen MR) is 114 cm³/mol. The van der Waals surface area contributed by atoms with Gasteiger partial charge in [-0.1, -0.05) is 41.7 Å². The summed E-state index contributed by atoms with van der Waals surface area (Å²) in [5, 5.41) is 0. The molecule has 3 aromatic rings. The van der Waals surface area contributed by atoms with Gasteiger partial charge in [-0.25, -0.2) is 4.79 Å². The molecule has 0 bridgehead atoms. The molecule has 1 aromatic heterocycles. The van der Waals surface area contributed by atoms with Crippen LogP contribution < -0.4 is 4.80 Å². The molecule has 0 unspecified atom stereocenters. The fraction of sp³-hybridized carbons (Fsp3) is 0.227. The molecular formula is C22H22N2O4S. The zero-order valence-corrected chi connectivity index (χ0v) is 17.1. The molecular weight excluding hydrogens is 388 g/mol. The number of aromatic nitrogens is 1. The molecule has 0 saturated carbocycles. The Balaban J connectivity index is 1.98. The van der Waals surface area contributed by atoms with Crippen LogP contribution in [0.5, 0.6) is 0 Å². The third-order valence-electron chi connectivity index (χ3n) is 4.19. The first-order chi connectivity index (χ1) is 14.1. The van der Waals surface area contributed by atoms with E-state index in [-0.39, 0.29) is 5.91 Å². The number of ether oxygens (including phenoxy) is 2. The zero-order chi connectivity index (χ0) is 20.6. The van der Waals surface area contributed by atoms with E-state index in [0.29, 0.717) is 30.1 Å². The number of esters is 1. The summed E-state index contributed by atoms with van der Waals surface area (Å²) < 4.78 is 13.0. The second kappa shape index (κ2) is 9.95. The van der Waals surface area contributed by atoms with Gasteiger partial charge in [-0.2, -0.15) is 4.99 Å². The lowest BCUT2D eigenvalue weighted by Crippen LogP contribution is -2.19. The number of amides is 1. The van der Waals surface area contributed by atoms with Crippen molar-refractivity contribution in [3.63, 3.8) is 0 Å². The molecule has 0 spiro atoms. The van der Waals surface area contributed by atoms with Crippen molar-refractivity contribution in [3.8, 4) is 0 Å². The Hall–Kier alpha value is -3.03. The number of hydrogen-bond donors (Lipinski definition) is 0. The molecule has 2 aromatic carbocycles. The van der Waals surface area contributed by atoms with Crippen LogP contribution in [-0.4, -0.2) is 36.8 Å². The number of thiazole rings is 1. The minimum atomic E-state index is -0.401. The van der Waals surface area contributed by atoms with E-state index in [9.17, 15) is 9.59 Å². The van der Waals surface area contributed by atoms with E-state index < -0.39 is 5.97 Å². The van der Waals surface area contributed by atoms with E-state index in [4.69, 9.17) is 9.47 Å². The highest BCUT2D eigenvalue weighted by atomic mass is 32.1. The third kappa shape index (κ3) is 5.28. The molecule has 0 N–H and O–H groups in total. The number of fused-ring (bicyclic) bond motifs is 1. The SMILES string of the molecule is CCOCCn1c(=NC(=O)/C=C/c2ccccc2)sc2cc(C(=O)OC)ccc21. The molecule has 1 amide bonds. The summed E-state index contributed by atoms with van der Waals surface area (Å²) in [6, 6.07) is 14.9. The fourth-order valence-electron chi connectivity index (χ4n) is 2.78. The number of benzene rings is 2. The van der Waals surface area contributed by atoms with Crippen LogP contribution in [0.15, 0.2) is 59.6 Å². The Bertz CT molecular complexity index is 1100. The van der Waals surface area contributed by atoms with Crippen LogP contribution in [0.4, 0.5) is 0 Å². The van der Waals surface area contributed by atoms with E-state index in [2.05, 4.69) is 4.99 Å². The van der Waals surface area contributed by atoms with E-state index in [1.807, 2.05) is 47.9 Å². The van der Waals surface area contributed by atoms with Gasteiger partial charge < -0.3 is 14.0 Å². The normalized spacial score (nSPS) is 12.0. The number of methoxy groups -OCH3 is 1. The van der Waals surface area contributed by atoms with E-state index >= 15 is 0 Å². The number of nitrogens with zero attached hydrogens (tertiary/aromatic N) is 2. The molecule has 0 aliphatic carbocycles. The van der Waals surface area contributed by atoms with Crippen molar-refractivity contribution in [2.24, 2.45) is 4.99 Å². The standard InChI is InChI=1S/C22H22N2O4S/c1-3-28-14-13-24-18-11-10-17(21(26)27-2)15-19(18)29-22(24)23-20(25)12-9-16-7-5-4-6-8-16/h4-12,15H,3,13-14H2,1-2H3/b12-9+,23-22?. The van der Waals surface area contributed by atoms with Crippen LogP contribution in [0.1, 0.15) is 22.8 Å². The zero-order valence-electron chi connectivity index (χ0n) is 16.3. The monoisotopic (exact) mass is 410 g/mol. The summed E-state index contributed by atoms with van der Waals surface area (Å²) in [6.45, 7) is 3.60. The van der Waals surface area contributed by atoms with Crippen LogP contribution in [0.25, 0.3) is 16.3 Å². The van der Waals surface area contributed by atoms with Crippen molar-refractivity contribution >= 4 is 39.5 Å². The van der Waals surface area contributed by atoms with Gasteiger partial charge in [-0.3, -0.25) is 4.79 Å². The van der Waals surface area contributed by atoms with Gasteiger partial charge in [0.1, 0.15) is 0 Å². The second-order valence-corrected chi connectivity index (χ2v) is 7.11. The van der Waals surface area contributed by atoms with Crippen LogP contribution in [0.3, 0.4) is 0 Å². The largest absolute Gasteiger partial charge is 0.465 e. The van der Waals surface area contributed by atoms with Crippen LogP contribution >= 0.6 is 11.3 Å². The molecule has 3 rings (SSSR count). The number of hydrogen-bond acceptors (Lipinski definition) is 5. The van der Waals surface area contributed by atoms with Crippen LogP contribution in [0, 0.1) is 0 Å². The third-order valence-corrected chi connectivity index (χ3v) is 5.23. The van der Waals surface area contributed by atoms with Gasteiger partial charge in [0.25, 0.3) is 5.91 Å². The van der Waals surface area contributed by atoms with Gasteiger partial charge in [0.2, 0.25) is 0 Å². The molecule has 0 fully saturated rings. The Morgan fingerprint density at radius 2 is 1.97 bits per heavy atom. The van der Waals surface area contributed by atoms with Crippen molar-refractivity contribution < 1.29 is 19.1 Å². The molecule has 7 heteroatoms. The minimum absolute atomic E-state index is 0.348. The molecule has 0 atom stereocenters. The van der Waals surface area contributed by atoms with E-state index in [1.54, 1.807) is 18.2 Å². The number of rotatable bonds is 7. The molecule has 6 nitrogen and oxygen atoms in total. The topological polar surface area (TPSA) is 69.9 Å². The second-order valence-electron chi connectivity index (χ2n) is 6.10. The average Bonchev–Trinajstić information content (AvgIpc) is 3.08. The lowest BCUT2D eigenvalue weighted by molar-refractivity contribution is -0.113. The van der Waals surface area contributed by atoms with Crippen molar-refractivity contribution in [1.29, 1.82) is 0 Å². The summed E-state index contributed by atoms with van der Waals surface area (Å²) in [5.41, 5.74) is 2.28. The molecule has 0 aliphatic rings. The van der Waals surface area contributed by atoms with Gasteiger partial charge in [0, 0.05) is 19.2 Å². The Morgan fingerprint density at radius 1 is 1.17 bits per heavy atom. The highest BCUT2D eigenvalue weighted by Crippen LogP contribution is 2.20. The van der Waals surface area contributed by atoms with Gasteiger partial charge in [-0.15, -0.1) is 0 Å². The molecule has 0 radical (unpaired) electrons. The summed E-state index contributed by atoms with van der Waals surface area (Å²) in [6.07, 6.45) is 3.19. The maximum Gasteiger partial charge on any atom is 0.337 e. The van der Waals surface area contributed by atoms with Crippen molar-refractivity contribution in [2.75, 3.05) is 20.3 Å². The highest BCUT2D eigenvalue weighted by Gasteiger charge is 2.11. The van der Waals surface area contributed by atoms with E-state index in [0.717, 1.165) is 15.8 Å². The Kier molecular flexibility index (Phi) is 7.10. The smallest absolute Gasteiger partial charge is 0.337 e. The average molecular weight is 410 g/mol. The minimum Gasteiger partial charge on any atom is -0.465 e. The molecule has 0 aliphatic heterocycles. The molecule has 1 heterocycles. The van der Waals surface area contributed by atoms with Crippen LogP contribution in [0.2, 0.25) is 0 Å². The van der Waals surface area contributed by atoms with Gasteiger partial charge in [0.05, 0.1) is 29.5 Å². The Labute approximate surface area is 172 Å². The first kappa shape index (κ1) is 20.7. The fourth-order valence-corrected chi connectivity index (χ4v) is 3.88. The molecule has 150 valence electrons. The molecule has 29 heavy (non-hydrogen) atoms. The summed E-state index contributed by atoms with van der Waals surface area (Å²) in [4.78, 5) is 29.1. The first-order valence-electron chi connectivity index (χ1n) is 9.23. The lowest BCUT2D eigenvalue weighted by Gasteiger charge is -2.05. The van der Waals surface area contributed by atoms with Crippen LogP contribution in [-0.2, 0) is 20.8 Å². The summed E-state index contributed by atoms with van der Waals surface area (Å²) in [5.74, 6) is -0.750.